The molecule has 0 aromatic carbocycles. The van der Waals surface area contributed by atoms with Gasteiger partial charge in [0, 0.05) is 0 Å². The fourth-order valence-corrected chi connectivity index (χ4v) is 0.0821. The van der Waals surface area contributed by atoms with E-state index in [0.717, 1.165) is 6.26 Å². The Bertz CT molecular complexity index is 73.3. The first-order chi connectivity index (χ1) is 2.77. The standard InChI is InChI=1S/C3H5NO2.Na.H/c1-2-6-3(4)5;;/h2H,1H2,(H2,4,5);;. The van der Waals surface area contributed by atoms with Crippen molar-refractivity contribution in [3.8, 4) is 0 Å². The molecule has 0 fully saturated rings. The van der Waals surface area contributed by atoms with Crippen LogP contribution in [0, 0.1) is 0 Å². The molecule has 0 saturated carbocycles. The van der Waals surface area contributed by atoms with E-state index in [2.05, 4.69) is 17.0 Å². The zero-order valence-electron chi connectivity index (χ0n) is 3.18. The van der Waals surface area contributed by atoms with Crippen LogP contribution < -0.4 is 5.73 Å². The summed E-state index contributed by atoms with van der Waals surface area (Å²) in [5, 5.41) is 0. The van der Waals surface area contributed by atoms with Gasteiger partial charge in [-0.15, -0.1) is 0 Å². The number of primary amides is 1. The molecule has 3 nitrogen and oxygen atoms in total. The number of hydrogen-bond donors (Lipinski definition) is 1. The zero-order chi connectivity index (χ0) is 4.99. The Balaban J connectivity index is 0. The van der Waals surface area contributed by atoms with E-state index in [0.29, 0.717) is 0 Å². The van der Waals surface area contributed by atoms with Crippen molar-refractivity contribution in [1.29, 1.82) is 0 Å². The number of rotatable bonds is 1. The Labute approximate surface area is 63.8 Å². The van der Waals surface area contributed by atoms with Crippen LogP contribution in [0.3, 0.4) is 0 Å². The Hall–Kier alpha value is 0.0100. The zero-order valence-corrected chi connectivity index (χ0v) is 3.18. The molecule has 36 valence electrons. The third-order valence-corrected chi connectivity index (χ3v) is 0.199. The van der Waals surface area contributed by atoms with Gasteiger partial charge in [0.15, 0.2) is 0 Å². The fraction of sp³-hybridized carbons (Fsp3) is 0. The number of nitrogens with two attached hydrogens (primary N) is 1. The van der Waals surface area contributed by atoms with E-state index in [1.54, 1.807) is 0 Å². The molecule has 0 aromatic rings. The number of amides is 1. The summed E-state index contributed by atoms with van der Waals surface area (Å²) in [5.74, 6) is 0. The number of carbonyl (C=O) groups is 1. The molecule has 0 aliphatic heterocycles. The summed E-state index contributed by atoms with van der Waals surface area (Å²) < 4.78 is 3.94. The number of hydrogen-bond acceptors (Lipinski definition) is 2. The van der Waals surface area contributed by atoms with E-state index in [1.165, 1.54) is 0 Å². The molecule has 2 N–H and O–H groups in total. The van der Waals surface area contributed by atoms with Crippen LogP contribution in [0.25, 0.3) is 0 Å². The van der Waals surface area contributed by atoms with Crippen molar-refractivity contribution in [2.45, 2.75) is 0 Å². The summed E-state index contributed by atoms with van der Waals surface area (Å²) >= 11 is 0. The predicted octanol–water partition coefficient (Wildman–Crippen LogP) is -0.423. The summed E-state index contributed by atoms with van der Waals surface area (Å²) in [7, 11) is 0. The molecule has 0 rings (SSSR count). The van der Waals surface area contributed by atoms with Crippen molar-refractivity contribution >= 4 is 35.7 Å². The molecule has 0 spiro atoms. The summed E-state index contributed by atoms with van der Waals surface area (Å²) in [6.45, 7) is 3.08. The molecule has 1 amide bonds. The minimum atomic E-state index is -0.829. The molecule has 0 heterocycles. The van der Waals surface area contributed by atoms with Gasteiger partial charge in [-0.05, 0) is 0 Å². The summed E-state index contributed by atoms with van der Waals surface area (Å²) in [5.41, 5.74) is 4.47. The van der Waals surface area contributed by atoms with Gasteiger partial charge in [-0.25, -0.2) is 4.79 Å². The Morgan fingerprint density at radius 3 is 2.29 bits per heavy atom. The second-order valence-corrected chi connectivity index (χ2v) is 0.604. The van der Waals surface area contributed by atoms with Gasteiger partial charge in [0.25, 0.3) is 0 Å². The molecule has 4 heteroatoms. The molecule has 0 aliphatic carbocycles. The van der Waals surface area contributed by atoms with Gasteiger partial charge in [0.2, 0.25) is 0 Å². The van der Waals surface area contributed by atoms with Crippen molar-refractivity contribution in [3.63, 3.8) is 0 Å². The minimum absolute atomic E-state index is 0. The molecule has 0 aliphatic rings. The summed E-state index contributed by atoms with van der Waals surface area (Å²) in [4.78, 5) is 9.53. The van der Waals surface area contributed by atoms with Gasteiger partial charge < -0.3 is 10.5 Å². The maximum atomic E-state index is 9.53. The van der Waals surface area contributed by atoms with Crippen LogP contribution >= 0.6 is 0 Å². The maximum absolute atomic E-state index is 9.53. The third-order valence-electron chi connectivity index (χ3n) is 0.199. The van der Waals surface area contributed by atoms with Gasteiger partial charge in [0.1, 0.15) is 0 Å². The Kier molecular flexibility index (Phi) is 8.66. The van der Waals surface area contributed by atoms with Gasteiger partial charge in [-0.2, -0.15) is 0 Å². The number of carbonyl (C=O) groups excluding carboxylic acids is 1. The van der Waals surface area contributed by atoms with Gasteiger partial charge >= 0.3 is 35.7 Å². The van der Waals surface area contributed by atoms with Crippen LogP contribution in [0.15, 0.2) is 12.8 Å². The van der Waals surface area contributed by atoms with Crippen LogP contribution in [0.2, 0.25) is 0 Å². The molecule has 0 atom stereocenters. The second-order valence-electron chi connectivity index (χ2n) is 0.604. The van der Waals surface area contributed by atoms with Crippen molar-refractivity contribution in [2.75, 3.05) is 0 Å². The first kappa shape index (κ1) is 10.1. The average molecular weight is 111 g/mol. The normalized spacial score (nSPS) is 5.71. The van der Waals surface area contributed by atoms with Gasteiger partial charge in [0.05, 0.1) is 6.26 Å². The van der Waals surface area contributed by atoms with Crippen molar-refractivity contribution in [2.24, 2.45) is 5.73 Å². The Morgan fingerprint density at radius 1 is 1.86 bits per heavy atom. The molecular formula is C3H6NNaO2. The van der Waals surface area contributed by atoms with E-state index >= 15 is 0 Å². The van der Waals surface area contributed by atoms with Crippen molar-refractivity contribution < 1.29 is 9.53 Å². The van der Waals surface area contributed by atoms with Crippen LogP contribution in [0.5, 0.6) is 0 Å². The van der Waals surface area contributed by atoms with Crippen LogP contribution in [-0.4, -0.2) is 35.7 Å². The summed E-state index contributed by atoms with van der Waals surface area (Å²) in [6.07, 6.45) is 0.146. The van der Waals surface area contributed by atoms with Crippen molar-refractivity contribution in [3.05, 3.63) is 12.8 Å². The van der Waals surface area contributed by atoms with E-state index in [1.807, 2.05) is 0 Å². The molecule has 0 radical (unpaired) electrons. The van der Waals surface area contributed by atoms with Crippen molar-refractivity contribution in [1.82, 2.24) is 0 Å². The molecule has 0 saturated heterocycles. The fourth-order valence-electron chi connectivity index (χ4n) is 0.0821. The monoisotopic (exact) mass is 111 g/mol. The topological polar surface area (TPSA) is 52.3 Å². The number of ether oxygens (including phenoxy) is 1. The van der Waals surface area contributed by atoms with Gasteiger partial charge in [-0.1, -0.05) is 6.58 Å². The van der Waals surface area contributed by atoms with Gasteiger partial charge in [-0.3, -0.25) is 0 Å². The first-order valence-corrected chi connectivity index (χ1v) is 1.34. The molecule has 0 unspecified atom stereocenters. The Morgan fingerprint density at radius 2 is 2.29 bits per heavy atom. The van der Waals surface area contributed by atoms with E-state index in [4.69, 9.17) is 0 Å². The quantitative estimate of drug-likeness (QED) is 0.369. The molecule has 0 aromatic heterocycles. The third kappa shape index (κ3) is 10.7. The van der Waals surface area contributed by atoms with E-state index in [-0.39, 0.29) is 29.6 Å². The van der Waals surface area contributed by atoms with E-state index in [9.17, 15) is 4.79 Å². The first-order valence-electron chi connectivity index (χ1n) is 1.34. The van der Waals surface area contributed by atoms with E-state index < -0.39 is 6.09 Å². The average Bonchev–Trinajstić information content (AvgIpc) is 1.35. The van der Waals surface area contributed by atoms with Crippen LogP contribution in [0.1, 0.15) is 0 Å². The second kappa shape index (κ2) is 6.01. The predicted molar refractivity (Wildman–Crippen MR) is 28.0 cm³/mol. The SMILES string of the molecule is C=COC(N)=O.[NaH]. The summed E-state index contributed by atoms with van der Waals surface area (Å²) in [6, 6.07) is 0. The van der Waals surface area contributed by atoms with Crippen LogP contribution in [0.4, 0.5) is 4.79 Å². The van der Waals surface area contributed by atoms with Crippen LogP contribution in [-0.2, 0) is 4.74 Å². The molecule has 0 bridgehead atoms. The molecular weight excluding hydrogens is 105 g/mol. The molecule has 7 heavy (non-hydrogen) atoms.